The van der Waals surface area contributed by atoms with E-state index in [1.165, 1.54) is 0 Å². The fourth-order valence-electron chi connectivity index (χ4n) is 2.21. The predicted molar refractivity (Wildman–Crippen MR) is 56.4 cm³/mol. The molecule has 1 aliphatic heterocycles. The second-order valence-corrected chi connectivity index (χ2v) is 4.81. The van der Waals surface area contributed by atoms with Crippen molar-refractivity contribution in [2.75, 3.05) is 19.8 Å². The van der Waals surface area contributed by atoms with E-state index in [2.05, 4.69) is 25.7 Å². The monoisotopic (exact) mass is 199 g/mol. The van der Waals surface area contributed by atoms with Crippen molar-refractivity contribution in [3.63, 3.8) is 0 Å². The summed E-state index contributed by atoms with van der Waals surface area (Å²) in [6.45, 7) is 10.6. The first-order valence-corrected chi connectivity index (χ1v) is 5.27. The van der Waals surface area contributed by atoms with Crippen molar-refractivity contribution in [3.05, 3.63) is 0 Å². The Morgan fingerprint density at radius 3 is 2.71 bits per heavy atom. The summed E-state index contributed by atoms with van der Waals surface area (Å²) in [5, 5.41) is 0. The molecule has 0 N–H and O–H groups in total. The lowest BCUT2D eigenvalue weighted by atomic mass is 9.98. The van der Waals surface area contributed by atoms with Crippen LogP contribution in [0.15, 0.2) is 0 Å². The number of hydrogen-bond donors (Lipinski definition) is 0. The molecule has 1 fully saturated rings. The van der Waals surface area contributed by atoms with Crippen LogP contribution in [0.5, 0.6) is 0 Å². The van der Waals surface area contributed by atoms with Gasteiger partial charge >= 0.3 is 0 Å². The van der Waals surface area contributed by atoms with Crippen molar-refractivity contribution in [1.29, 1.82) is 0 Å². The van der Waals surface area contributed by atoms with Gasteiger partial charge < -0.3 is 4.74 Å². The summed E-state index contributed by atoms with van der Waals surface area (Å²) in [5.41, 5.74) is 0.0626. The molecule has 1 rings (SSSR count). The zero-order chi connectivity index (χ0) is 10.8. The van der Waals surface area contributed by atoms with Crippen molar-refractivity contribution < 1.29 is 9.53 Å². The van der Waals surface area contributed by atoms with Crippen LogP contribution in [0.25, 0.3) is 0 Å². The molecule has 1 saturated heterocycles. The van der Waals surface area contributed by atoms with E-state index in [9.17, 15) is 4.79 Å². The molecule has 0 aromatic carbocycles. The van der Waals surface area contributed by atoms with E-state index in [0.717, 1.165) is 19.8 Å². The van der Waals surface area contributed by atoms with Crippen LogP contribution in [0.1, 0.15) is 34.1 Å². The lowest BCUT2D eigenvalue weighted by molar-refractivity contribution is -0.120. The zero-order valence-electron chi connectivity index (χ0n) is 9.67. The Morgan fingerprint density at radius 2 is 2.21 bits per heavy atom. The van der Waals surface area contributed by atoms with E-state index in [4.69, 9.17) is 4.74 Å². The minimum absolute atomic E-state index is 0.0626. The molecule has 3 heteroatoms. The lowest BCUT2D eigenvalue weighted by Crippen LogP contribution is -2.56. The van der Waals surface area contributed by atoms with E-state index >= 15 is 0 Å². The Balaban J connectivity index is 2.59. The standard InChI is InChI=1S/C11H21NO2/c1-9(7-10(2)13)12-5-6-14-8-11(12,3)4/h9H,5-8H2,1-4H3. The minimum atomic E-state index is 0.0626. The summed E-state index contributed by atoms with van der Waals surface area (Å²) < 4.78 is 5.44. The van der Waals surface area contributed by atoms with Gasteiger partial charge in [0.25, 0.3) is 0 Å². The van der Waals surface area contributed by atoms with Gasteiger partial charge in [-0.3, -0.25) is 9.69 Å². The highest BCUT2D eigenvalue weighted by molar-refractivity contribution is 5.76. The second-order valence-electron chi connectivity index (χ2n) is 4.81. The Kier molecular flexibility index (Phi) is 3.67. The largest absolute Gasteiger partial charge is 0.378 e. The Morgan fingerprint density at radius 1 is 1.57 bits per heavy atom. The quantitative estimate of drug-likeness (QED) is 0.689. The van der Waals surface area contributed by atoms with E-state index < -0.39 is 0 Å². The first-order chi connectivity index (χ1) is 6.43. The van der Waals surface area contributed by atoms with Crippen LogP contribution in [0.4, 0.5) is 0 Å². The minimum Gasteiger partial charge on any atom is -0.378 e. The molecule has 1 aliphatic rings. The third kappa shape index (κ3) is 2.79. The smallest absolute Gasteiger partial charge is 0.131 e. The van der Waals surface area contributed by atoms with Gasteiger partial charge in [0.2, 0.25) is 0 Å². The van der Waals surface area contributed by atoms with Gasteiger partial charge in [0.05, 0.1) is 13.2 Å². The molecule has 1 heterocycles. The first kappa shape index (κ1) is 11.7. The van der Waals surface area contributed by atoms with Crippen LogP contribution < -0.4 is 0 Å². The van der Waals surface area contributed by atoms with Crippen molar-refractivity contribution in [3.8, 4) is 0 Å². The van der Waals surface area contributed by atoms with E-state index in [1.807, 2.05) is 0 Å². The maximum absolute atomic E-state index is 11.0. The highest BCUT2D eigenvalue weighted by Gasteiger charge is 2.33. The summed E-state index contributed by atoms with van der Waals surface area (Å²) in [5.74, 6) is 0.264. The predicted octanol–water partition coefficient (Wildman–Crippen LogP) is 1.46. The molecule has 0 aromatic heterocycles. The van der Waals surface area contributed by atoms with Crippen LogP contribution in [-0.2, 0) is 9.53 Å². The molecule has 0 amide bonds. The van der Waals surface area contributed by atoms with Gasteiger partial charge in [-0.15, -0.1) is 0 Å². The third-order valence-electron chi connectivity index (χ3n) is 2.82. The number of rotatable bonds is 3. The Bertz CT molecular complexity index is 213. The van der Waals surface area contributed by atoms with Gasteiger partial charge in [0, 0.05) is 24.5 Å². The number of carbonyl (C=O) groups excluding carboxylic acids is 1. The van der Waals surface area contributed by atoms with Gasteiger partial charge in [0.1, 0.15) is 5.78 Å². The number of ketones is 1. The van der Waals surface area contributed by atoms with Crippen LogP contribution in [-0.4, -0.2) is 42.0 Å². The summed E-state index contributed by atoms with van der Waals surface area (Å²) in [4.78, 5) is 13.4. The molecule has 14 heavy (non-hydrogen) atoms. The number of nitrogens with zero attached hydrogens (tertiary/aromatic N) is 1. The maximum Gasteiger partial charge on any atom is 0.131 e. The molecule has 0 aromatic rings. The molecule has 0 saturated carbocycles. The van der Waals surface area contributed by atoms with Crippen molar-refractivity contribution in [2.45, 2.75) is 45.7 Å². The number of ether oxygens (including phenoxy) is 1. The summed E-state index contributed by atoms with van der Waals surface area (Å²) in [6.07, 6.45) is 0.642. The molecule has 3 nitrogen and oxygen atoms in total. The summed E-state index contributed by atoms with van der Waals surface area (Å²) >= 11 is 0. The van der Waals surface area contributed by atoms with Gasteiger partial charge in [-0.05, 0) is 27.7 Å². The molecular formula is C11H21NO2. The molecule has 1 atom stereocenters. The van der Waals surface area contributed by atoms with E-state index in [0.29, 0.717) is 12.5 Å². The van der Waals surface area contributed by atoms with E-state index in [1.54, 1.807) is 6.92 Å². The molecule has 82 valence electrons. The number of morpholine rings is 1. The molecule has 0 bridgehead atoms. The van der Waals surface area contributed by atoms with Gasteiger partial charge in [-0.1, -0.05) is 0 Å². The van der Waals surface area contributed by atoms with Gasteiger partial charge in [-0.2, -0.15) is 0 Å². The van der Waals surface area contributed by atoms with Crippen molar-refractivity contribution in [1.82, 2.24) is 4.90 Å². The number of Topliss-reactive ketones (excluding diaryl/α,β-unsaturated/α-hetero) is 1. The molecular weight excluding hydrogens is 178 g/mol. The maximum atomic E-state index is 11.0. The topological polar surface area (TPSA) is 29.5 Å². The van der Waals surface area contributed by atoms with E-state index in [-0.39, 0.29) is 11.3 Å². The van der Waals surface area contributed by atoms with Crippen LogP contribution in [0.3, 0.4) is 0 Å². The van der Waals surface area contributed by atoms with Gasteiger partial charge in [0.15, 0.2) is 0 Å². The lowest BCUT2D eigenvalue weighted by Gasteiger charge is -2.45. The molecule has 0 spiro atoms. The summed E-state index contributed by atoms with van der Waals surface area (Å²) in [7, 11) is 0. The average molecular weight is 199 g/mol. The fraction of sp³-hybridized carbons (Fsp3) is 0.909. The Labute approximate surface area is 86.4 Å². The normalized spacial score (nSPS) is 24.6. The average Bonchev–Trinajstić information content (AvgIpc) is 2.01. The second kappa shape index (κ2) is 4.41. The third-order valence-corrected chi connectivity index (χ3v) is 2.82. The highest BCUT2D eigenvalue weighted by Crippen LogP contribution is 2.22. The highest BCUT2D eigenvalue weighted by atomic mass is 16.5. The number of hydrogen-bond acceptors (Lipinski definition) is 3. The van der Waals surface area contributed by atoms with Crippen LogP contribution >= 0.6 is 0 Å². The molecule has 0 radical (unpaired) electrons. The molecule has 0 aliphatic carbocycles. The van der Waals surface area contributed by atoms with Crippen LogP contribution in [0.2, 0.25) is 0 Å². The zero-order valence-corrected chi connectivity index (χ0v) is 9.67. The van der Waals surface area contributed by atoms with Crippen LogP contribution in [0, 0.1) is 0 Å². The Hall–Kier alpha value is -0.410. The molecule has 1 unspecified atom stereocenters. The first-order valence-electron chi connectivity index (χ1n) is 5.27. The SMILES string of the molecule is CC(=O)CC(C)N1CCOCC1(C)C. The number of carbonyl (C=O) groups is 1. The van der Waals surface area contributed by atoms with Crippen molar-refractivity contribution in [2.24, 2.45) is 0 Å². The fourth-order valence-corrected chi connectivity index (χ4v) is 2.21. The van der Waals surface area contributed by atoms with Gasteiger partial charge in [-0.25, -0.2) is 0 Å². The summed E-state index contributed by atoms with van der Waals surface area (Å²) in [6, 6.07) is 0.325. The van der Waals surface area contributed by atoms with Crippen molar-refractivity contribution >= 4 is 5.78 Å².